The van der Waals surface area contributed by atoms with E-state index in [2.05, 4.69) is 0 Å². The van der Waals surface area contributed by atoms with Crippen LogP contribution in [-0.2, 0) is 21.1 Å². The lowest BCUT2D eigenvalue weighted by Gasteiger charge is -2.35. The number of fused-ring (bicyclic) bond motifs is 1. The van der Waals surface area contributed by atoms with Crippen molar-refractivity contribution in [2.24, 2.45) is 0 Å². The molecule has 0 saturated heterocycles. The third-order valence-electron chi connectivity index (χ3n) is 4.65. The highest BCUT2D eigenvalue weighted by atomic mass is 32.2. The number of aliphatic carboxylic acids is 1. The molecule has 0 fully saturated rings. The minimum Gasteiger partial charge on any atom is -0.479 e. The van der Waals surface area contributed by atoms with Gasteiger partial charge in [-0.3, -0.25) is 4.79 Å². The molecule has 1 aliphatic heterocycles. The van der Waals surface area contributed by atoms with Gasteiger partial charge in [-0.1, -0.05) is 30.3 Å². The Morgan fingerprint density at radius 3 is 2.50 bits per heavy atom. The summed E-state index contributed by atoms with van der Waals surface area (Å²) in [4.78, 5) is 26.3. The van der Waals surface area contributed by atoms with Gasteiger partial charge in [0.1, 0.15) is 0 Å². The highest BCUT2D eigenvalue weighted by Crippen LogP contribution is 2.32. The summed E-state index contributed by atoms with van der Waals surface area (Å²) in [5.41, 5.74) is 2.31. The van der Waals surface area contributed by atoms with Crippen LogP contribution in [0.3, 0.4) is 0 Å². The van der Waals surface area contributed by atoms with Crippen molar-refractivity contribution < 1.29 is 23.1 Å². The number of nitrogens with zero attached hydrogens (tertiary/aromatic N) is 1. The number of hydrogen-bond donors (Lipinski definition) is 1. The normalized spacial score (nSPS) is 16.8. The monoisotopic (exact) mass is 373 g/mol. The maximum atomic E-state index is 13.1. The van der Waals surface area contributed by atoms with Crippen molar-refractivity contribution in [2.45, 2.75) is 24.3 Å². The zero-order valence-electron chi connectivity index (χ0n) is 14.5. The van der Waals surface area contributed by atoms with Crippen molar-refractivity contribution in [3.8, 4) is 0 Å². The lowest BCUT2D eigenvalue weighted by molar-refractivity contribution is -0.143. The van der Waals surface area contributed by atoms with E-state index in [1.165, 1.54) is 17.0 Å². The topological polar surface area (TPSA) is 91.8 Å². The Labute approximate surface area is 152 Å². The number of carboxylic acids is 1. The summed E-state index contributed by atoms with van der Waals surface area (Å²) in [5.74, 6) is -1.59. The quantitative estimate of drug-likeness (QED) is 0.891. The zero-order valence-corrected chi connectivity index (χ0v) is 15.3. The van der Waals surface area contributed by atoms with Crippen LogP contribution in [0.5, 0.6) is 0 Å². The van der Waals surface area contributed by atoms with Crippen molar-refractivity contribution >= 4 is 21.7 Å². The van der Waals surface area contributed by atoms with Crippen molar-refractivity contribution in [1.29, 1.82) is 0 Å². The molecule has 1 N–H and O–H groups in total. The number of rotatable bonds is 3. The Hall–Kier alpha value is -2.67. The predicted molar refractivity (Wildman–Crippen MR) is 95.8 cm³/mol. The van der Waals surface area contributed by atoms with Gasteiger partial charge in [0.2, 0.25) is 0 Å². The maximum Gasteiger partial charge on any atom is 0.331 e. The molecular weight excluding hydrogens is 354 g/mol. The van der Waals surface area contributed by atoms with Gasteiger partial charge in [-0.25, -0.2) is 13.2 Å². The van der Waals surface area contributed by atoms with E-state index in [1.807, 2.05) is 12.1 Å². The van der Waals surface area contributed by atoms with Gasteiger partial charge in [0, 0.05) is 18.4 Å². The van der Waals surface area contributed by atoms with Gasteiger partial charge < -0.3 is 10.0 Å². The molecule has 0 aromatic heterocycles. The molecule has 1 unspecified atom stereocenters. The summed E-state index contributed by atoms with van der Waals surface area (Å²) in [6.45, 7) is 1.96. The highest BCUT2D eigenvalue weighted by Gasteiger charge is 2.36. The van der Waals surface area contributed by atoms with Gasteiger partial charge >= 0.3 is 5.97 Å². The first kappa shape index (κ1) is 18.1. The van der Waals surface area contributed by atoms with Gasteiger partial charge in [-0.2, -0.15) is 0 Å². The molecule has 136 valence electrons. The third kappa shape index (κ3) is 3.22. The van der Waals surface area contributed by atoms with E-state index in [-0.39, 0.29) is 17.0 Å². The van der Waals surface area contributed by atoms with Crippen LogP contribution in [0.4, 0.5) is 0 Å². The fraction of sp³-hybridized carbons (Fsp3) is 0.263. The second-order valence-corrected chi connectivity index (χ2v) is 8.45. The second kappa shape index (κ2) is 6.57. The van der Waals surface area contributed by atoms with E-state index >= 15 is 0 Å². The molecular formula is C19H19NO5S. The van der Waals surface area contributed by atoms with Crippen LogP contribution in [-0.4, -0.2) is 43.1 Å². The Kier molecular flexibility index (Phi) is 4.58. The molecule has 3 rings (SSSR count). The Bertz CT molecular complexity index is 997. The average molecular weight is 373 g/mol. The second-order valence-electron chi connectivity index (χ2n) is 6.44. The maximum absolute atomic E-state index is 13.1. The standard InChI is InChI=1S/C19H19NO5S/c1-12-7-8-14(26(2,24)25)11-16(12)18(21)20-10-9-13-5-3-4-6-15(13)17(20)19(22)23/h3-8,11,17H,9-10H2,1-2H3,(H,22,23). The largest absolute Gasteiger partial charge is 0.479 e. The fourth-order valence-corrected chi connectivity index (χ4v) is 3.92. The average Bonchev–Trinajstić information content (AvgIpc) is 2.59. The zero-order chi connectivity index (χ0) is 19.1. The van der Waals surface area contributed by atoms with E-state index in [4.69, 9.17) is 0 Å². The molecule has 0 bridgehead atoms. The van der Waals surface area contributed by atoms with Gasteiger partial charge in [-0.05, 0) is 42.2 Å². The fourth-order valence-electron chi connectivity index (χ4n) is 3.27. The third-order valence-corrected chi connectivity index (χ3v) is 5.76. The lowest BCUT2D eigenvalue weighted by Crippen LogP contribution is -2.43. The predicted octanol–water partition coefficient (Wildman–Crippen LogP) is 2.22. The van der Waals surface area contributed by atoms with Crippen LogP contribution in [0, 0.1) is 6.92 Å². The molecule has 0 spiro atoms. The molecule has 1 atom stereocenters. The number of sulfone groups is 1. The molecule has 2 aromatic rings. The van der Waals surface area contributed by atoms with Crippen LogP contribution in [0.15, 0.2) is 47.4 Å². The first-order chi connectivity index (χ1) is 12.2. The van der Waals surface area contributed by atoms with Crippen molar-refractivity contribution in [2.75, 3.05) is 12.8 Å². The number of carbonyl (C=O) groups is 2. The van der Waals surface area contributed by atoms with Crippen LogP contribution in [0.1, 0.15) is 33.1 Å². The summed E-state index contributed by atoms with van der Waals surface area (Å²) in [6.07, 6.45) is 1.62. The summed E-state index contributed by atoms with van der Waals surface area (Å²) in [7, 11) is -3.47. The van der Waals surface area contributed by atoms with Crippen LogP contribution in [0.25, 0.3) is 0 Å². The number of aryl methyl sites for hydroxylation is 1. The molecule has 0 saturated carbocycles. The smallest absolute Gasteiger partial charge is 0.331 e. The molecule has 1 heterocycles. The Morgan fingerprint density at radius 1 is 1.15 bits per heavy atom. The van der Waals surface area contributed by atoms with Crippen molar-refractivity contribution in [3.63, 3.8) is 0 Å². The van der Waals surface area contributed by atoms with E-state index < -0.39 is 27.8 Å². The van der Waals surface area contributed by atoms with Crippen LogP contribution < -0.4 is 0 Å². The van der Waals surface area contributed by atoms with Crippen molar-refractivity contribution in [1.82, 2.24) is 4.90 Å². The summed E-state index contributed by atoms with van der Waals surface area (Å²) in [5, 5.41) is 9.71. The number of amides is 1. The van der Waals surface area contributed by atoms with E-state index in [0.29, 0.717) is 17.5 Å². The summed E-state index contributed by atoms with van der Waals surface area (Å²) < 4.78 is 23.6. The van der Waals surface area contributed by atoms with Gasteiger partial charge in [-0.15, -0.1) is 0 Å². The Morgan fingerprint density at radius 2 is 1.85 bits per heavy atom. The minimum atomic E-state index is -3.47. The van der Waals surface area contributed by atoms with E-state index in [9.17, 15) is 23.1 Å². The van der Waals surface area contributed by atoms with E-state index in [1.54, 1.807) is 25.1 Å². The molecule has 0 aliphatic carbocycles. The van der Waals surface area contributed by atoms with E-state index in [0.717, 1.165) is 11.8 Å². The molecule has 7 heteroatoms. The van der Waals surface area contributed by atoms with Crippen molar-refractivity contribution in [3.05, 3.63) is 64.7 Å². The number of carbonyl (C=O) groups excluding carboxylic acids is 1. The molecule has 26 heavy (non-hydrogen) atoms. The van der Waals surface area contributed by atoms with Gasteiger partial charge in [0.25, 0.3) is 5.91 Å². The number of benzene rings is 2. The number of carboxylic acid groups (broad SMARTS) is 1. The van der Waals surface area contributed by atoms with Crippen LogP contribution >= 0.6 is 0 Å². The highest BCUT2D eigenvalue weighted by molar-refractivity contribution is 7.90. The van der Waals surface area contributed by atoms with Crippen LogP contribution in [0.2, 0.25) is 0 Å². The molecule has 2 aromatic carbocycles. The molecule has 0 radical (unpaired) electrons. The van der Waals surface area contributed by atoms with Gasteiger partial charge in [0.15, 0.2) is 15.9 Å². The number of hydrogen-bond acceptors (Lipinski definition) is 4. The molecule has 1 amide bonds. The molecule has 1 aliphatic rings. The summed E-state index contributed by atoms with van der Waals surface area (Å²) in [6, 6.07) is 10.4. The first-order valence-electron chi connectivity index (χ1n) is 8.12. The summed E-state index contributed by atoms with van der Waals surface area (Å²) >= 11 is 0. The SMILES string of the molecule is Cc1ccc(S(C)(=O)=O)cc1C(=O)N1CCc2ccccc2C1C(=O)O. The molecule has 6 nitrogen and oxygen atoms in total. The van der Waals surface area contributed by atoms with Gasteiger partial charge in [0.05, 0.1) is 4.90 Å². The first-order valence-corrected chi connectivity index (χ1v) is 10.0. The lowest BCUT2D eigenvalue weighted by atomic mass is 9.91. The minimum absolute atomic E-state index is 0.0377. The Balaban J connectivity index is 2.07.